The molecule has 0 aromatic rings. The van der Waals surface area contributed by atoms with Gasteiger partial charge in [0.1, 0.15) is 6.29 Å². The summed E-state index contributed by atoms with van der Waals surface area (Å²) in [5.41, 5.74) is 2.96. The molecule has 3 fully saturated rings. The third-order valence-electron chi connectivity index (χ3n) is 8.63. The maximum Gasteiger partial charge on any atom is 0.120 e. The average molecular weight is 300 g/mol. The molecule has 4 rings (SSSR count). The van der Waals surface area contributed by atoms with E-state index in [2.05, 4.69) is 26.8 Å². The summed E-state index contributed by atoms with van der Waals surface area (Å²) in [6.45, 7) is 7.41. The number of rotatable bonds is 2. The van der Waals surface area contributed by atoms with E-state index in [1.165, 1.54) is 57.7 Å². The number of fused-ring (bicyclic) bond motifs is 3. The van der Waals surface area contributed by atoms with Gasteiger partial charge >= 0.3 is 0 Å². The highest BCUT2D eigenvalue weighted by Crippen LogP contribution is 2.70. The summed E-state index contributed by atoms with van der Waals surface area (Å²) in [4.78, 5) is 11.3. The van der Waals surface area contributed by atoms with Crippen LogP contribution in [0.5, 0.6) is 0 Å². The summed E-state index contributed by atoms with van der Waals surface area (Å²) >= 11 is 0. The lowest BCUT2D eigenvalue weighted by molar-refractivity contribution is -0.144. The highest BCUT2D eigenvalue weighted by atomic mass is 16.1. The van der Waals surface area contributed by atoms with Crippen molar-refractivity contribution < 1.29 is 4.79 Å². The van der Waals surface area contributed by atoms with Crippen molar-refractivity contribution in [1.82, 2.24) is 0 Å². The second-order valence-corrected chi connectivity index (χ2v) is 9.63. The van der Waals surface area contributed by atoms with Gasteiger partial charge in [-0.1, -0.05) is 31.9 Å². The monoisotopic (exact) mass is 300 g/mol. The van der Waals surface area contributed by atoms with Gasteiger partial charge in [0, 0.05) is 6.42 Å². The first-order valence-corrected chi connectivity index (χ1v) is 9.57. The fourth-order valence-electron chi connectivity index (χ4n) is 7.77. The van der Waals surface area contributed by atoms with Crippen molar-refractivity contribution in [2.24, 2.45) is 34.0 Å². The van der Waals surface area contributed by atoms with Crippen LogP contribution >= 0.6 is 0 Å². The van der Waals surface area contributed by atoms with E-state index < -0.39 is 0 Å². The molecule has 2 bridgehead atoms. The van der Waals surface area contributed by atoms with Crippen molar-refractivity contribution >= 4 is 6.29 Å². The van der Waals surface area contributed by atoms with Crippen LogP contribution in [-0.2, 0) is 4.79 Å². The van der Waals surface area contributed by atoms with Crippen LogP contribution in [-0.4, -0.2) is 6.29 Å². The topological polar surface area (TPSA) is 17.1 Å². The Morgan fingerprint density at radius 3 is 2.73 bits per heavy atom. The summed E-state index contributed by atoms with van der Waals surface area (Å²) in [5.74, 6) is 2.53. The van der Waals surface area contributed by atoms with Gasteiger partial charge in [-0.15, -0.1) is 0 Å². The largest absolute Gasteiger partial charge is 0.303 e. The number of carbonyl (C=O) groups is 1. The minimum Gasteiger partial charge on any atom is -0.303 e. The molecule has 0 heterocycles. The van der Waals surface area contributed by atoms with Crippen LogP contribution in [0.3, 0.4) is 0 Å². The summed E-state index contributed by atoms with van der Waals surface area (Å²) in [7, 11) is 0. The third kappa shape index (κ3) is 1.80. The van der Waals surface area contributed by atoms with E-state index in [0.29, 0.717) is 10.8 Å². The van der Waals surface area contributed by atoms with Gasteiger partial charge in [0.05, 0.1) is 0 Å². The first kappa shape index (κ1) is 15.0. The van der Waals surface area contributed by atoms with Crippen molar-refractivity contribution in [3.63, 3.8) is 0 Å². The highest BCUT2D eigenvalue weighted by Gasteiger charge is 2.62. The quantitative estimate of drug-likeness (QED) is 0.483. The standard InChI is InChI=1S/C21H32O/c1-15-13-21-10-7-17-19(2,11-12-22)8-4-9-20(17,3)18(21)6-5-16(15)14-21/h12-13,16-18H,4-11,14H2,1-3H3/t16-,17-,18+,19?,20-,21+/m0/s1. The number of allylic oxidation sites excluding steroid dienone is 2. The zero-order valence-electron chi connectivity index (χ0n) is 14.7. The Morgan fingerprint density at radius 2 is 1.95 bits per heavy atom. The second-order valence-electron chi connectivity index (χ2n) is 9.63. The molecule has 122 valence electrons. The maximum absolute atomic E-state index is 11.3. The Kier molecular flexibility index (Phi) is 3.20. The molecule has 1 nitrogen and oxygen atoms in total. The van der Waals surface area contributed by atoms with Crippen LogP contribution in [0.2, 0.25) is 0 Å². The second kappa shape index (κ2) is 4.71. The Morgan fingerprint density at radius 1 is 1.14 bits per heavy atom. The molecule has 1 heteroatoms. The molecule has 4 aliphatic carbocycles. The van der Waals surface area contributed by atoms with Gasteiger partial charge in [-0.3, -0.25) is 0 Å². The molecule has 1 unspecified atom stereocenters. The van der Waals surface area contributed by atoms with Gasteiger partial charge in [0.2, 0.25) is 0 Å². The van der Waals surface area contributed by atoms with Crippen LogP contribution < -0.4 is 0 Å². The van der Waals surface area contributed by atoms with Gasteiger partial charge in [0.25, 0.3) is 0 Å². The molecule has 0 saturated heterocycles. The smallest absolute Gasteiger partial charge is 0.120 e. The van der Waals surface area contributed by atoms with E-state index in [9.17, 15) is 4.79 Å². The minimum absolute atomic E-state index is 0.268. The fourth-order valence-corrected chi connectivity index (χ4v) is 7.77. The van der Waals surface area contributed by atoms with E-state index in [-0.39, 0.29) is 5.41 Å². The van der Waals surface area contributed by atoms with Crippen LogP contribution in [0.15, 0.2) is 11.6 Å². The van der Waals surface area contributed by atoms with Crippen LogP contribution in [0, 0.1) is 34.0 Å². The van der Waals surface area contributed by atoms with Gasteiger partial charge in [-0.25, -0.2) is 0 Å². The minimum atomic E-state index is 0.268. The van der Waals surface area contributed by atoms with Gasteiger partial charge in [-0.05, 0) is 85.9 Å². The van der Waals surface area contributed by atoms with E-state index in [1.807, 2.05) is 0 Å². The predicted molar refractivity (Wildman–Crippen MR) is 90.5 cm³/mol. The lowest BCUT2D eigenvalue weighted by Gasteiger charge is -2.64. The summed E-state index contributed by atoms with van der Waals surface area (Å²) in [6.07, 6.45) is 15.7. The first-order chi connectivity index (χ1) is 10.4. The van der Waals surface area contributed by atoms with Gasteiger partial charge in [-0.2, -0.15) is 0 Å². The number of aldehydes is 1. The molecular formula is C21H32O. The Balaban J connectivity index is 1.73. The predicted octanol–water partition coefficient (Wildman–Crippen LogP) is 5.54. The summed E-state index contributed by atoms with van der Waals surface area (Å²) in [5, 5.41) is 0. The van der Waals surface area contributed by atoms with Crippen molar-refractivity contribution in [3.8, 4) is 0 Å². The number of hydrogen-bond acceptors (Lipinski definition) is 1. The molecule has 6 atom stereocenters. The molecule has 0 aromatic heterocycles. The highest BCUT2D eigenvalue weighted by molar-refractivity contribution is 5.51. The zero-order valence-corrected chi connectivity index (χ0v) is 14.7. The van der Waals surface area contributed by atoms with Gasteiger partial charge in [0.15, 0.2) is 0 Å². The molecule has 1 spiro atoms. The Hall–Kier alpha value is -0.590. The molecule has 0 aromatic carbocycles. The summed E-state index contributed by atoms with van der Waals surface area (Å²) < 4.78 is 0. The normalized spacial score (nSPS) is 53.4. The van der Waals surface area contributed by atoms with E-state index >= 15 is 0 Å². The van der Waals surface area contributed by atoms with Crippen LogP contribution in [0.4, 0.5) is 0 Å². The molecular weight excluding hydrogens is 268 g/mol. The third-order valence-corrected chi connectivity index (χ3v) is 8.63. The lowest BCUT2D eigenvalue weighted by atomic mass is 9.40. The summed E-state index contributed by atoms with van der Waals surface area (Å²) in [6, 6.07) is 0. The average Bonchev–Trinajstić information content (AvgIpc) is 2.68. The Bertz CT molecular complexity index is 520. The van der Waals surface area contributed by atoms with Crippen molar-refractivity contribution in [1.29, 1.82) is 0 Å². The van der Waals surface area contributed by atoms with E-state index in [0.717, 1.165) is 24.2 Å². The lowest BCUT2D eigenvalue weighted by Crippen LogP contribution is -2.56. The fraction of sp³-hybridized carbons (Fsp3) is 0.857. The Labute approximate surface area is 135 Å². The molecule has 0 amide bonds. The molecule has 22 heavy (non-hydrogen) atoms. The molecule has 0 radical (unpaired) electrons. The SMILES string of the molecule is CC1=C[C@@]23CC[C@H]4C(C)(CC=O)CCC[C@]4(C)[C@H]2CC[C@H]1C3. The molecule has 0 N–H and O–H groups in total. The van der Waals surface area contributed by atoms with Crippen molar-refractivity contribution in [3.05, 3.63) is 11.6 Å². The molecule has 0 aliphatic heterocycles. The van der Waals surface area contributed by atoms with E-state index in [1.54, 1.807) is 5.57 Å². The zero-order chi connectivity index (χ0) is 15.6. The molecule has 3 saturated carbocycles. The van der Waals surface area contributed by atoms with E-state index in [4.69, 9.17) is 0 Å². The van der Waals surface area contributed by atoms with Gasteiger partial charge < -0.3 is 4.79 Å². The van der Waals surface area contributed by atoms with Crippen LogP contribution in [0.1, 0.15) is 78.6 Å². The molecule has 4 aliphatic rings. The van der Waals surface area contributed by atoms with Crippen molar-refractivity contribution in [2.45, 2.75) is 78.6 Å². The number of carbonyl (C=O) groups excluding carboxylic acids is 1. The van der Waals surface area contributed by atoms with Crippen LogP contribution in [0.25, 0.3) is 0 Å². The van der Waals surface area contributed by atoms with Crippen molar-refractivity contribution in [2.75, 3.05) is 0 Å². The first-order valence-electron chi connectivity index (χ1n) is 9.57. The maximum atomic E-state index is 11.3. The number of hydrogen-bond donors (Lipinski definition) is 0.